The Morgan fingerprint density at radius 1 is 1.00 bits per heavy atom. The lowest BCUT2D eigenvalue weighted by atomic mass is 10.0. The molecule has 0 bridgehead atoms. The molecule has 3 fully saturated rings. The SMILES string of the molecule is CC1CCCCN1C(=O)CN1CCN(c2ccc(S(=O)(=O)N3CCCC3)cn2)CC1. The molecule has 4 rings (SSSR count). The van der Waals surface area contributed by atoms with Gasteiger partial charge in [0, 0.05) is 58.1 Å². The third kappa shape index (κ3) is 4.63. The van der Waals surface area contributed by atoms with Crippen LogP contribution in [-0.4, -0.2) is 91.8 Å². The fourth-order valence-corrected chi connectivity index (χ4v) is 6.14. The Bertz CT molecular complexity index is 831. The molecule has 0 aromatic carbocycles. The summed E-state index contributed by atoms with van der Waals surface area (Å²) in [4.78, 5) is 23.8. The van der Waals surface area contributed by atoms with Crippen molar-refractivity contribution < 1.29 is 13.2 Å². The lowest BCUT2D eigenvalue weighted by molar-refractivity contribution is -0.135. The number of pyridine rings is 1. The standard InChI is InChI=1S/C21H33N5O3S/c1-18-6-2-3-11-26(18)21(27)17-23-12-14-24(15-13-23)20-8-7-19(16-22-20)30(28,29)25-9-4-5-10-25/h7-8,16,18H,2-6,9-15,17H2,1H3. The van der Waals surface area contributed by atoms with Crippen molar-refractivity contribution in [2.75, 3.05) is 57.3 Å². The van der Waals surface area contributed by atoms with Gasteiger partial charge in [-0.05, 0) is 51.2 Å². The van der Waals surface area contributed by atoms with Gasteiger partial charge in [-0.2, -0.15) is 4.31 Å². The van der Waals surface area contributed by atoms with Gasteiger partial charge in [-0.15, -0.1) is 0 Å². The molecular formula is C21H33N5O3S. The maximum Gasteiger partial charge on any atom is 0.244 e. The number of hydrogen-bond acceptors (Lipinski definition) is 6. The summed E-state index contributed by atoms with van der Waals surface area (Å²) in [5.74, 6) is 1.04. The van der Waals surface area contributed by atoms with Crippen molar-refractivity contribution in [3.63, 3.8) is 0 Å². The molecule has 3 saturated heterocycles. The van der Waals surface area contributed by atoms with Crippen molar-refractivity contribution in [1.82, 2.24) is 19.1 Å². The normalized spacial score (nSPS) is 24.4. The Morgan fingerprint density at radius 3 is 2.33 bits per heavy atom. The predicted octanol–water partition coefficient (Wildman–Crippen LogP) is 1.39. The summed E-state index contributed by atoms with van der Waals surface area (Å²) in [7, 11) is -3.42. The third-order valence-corrected chi connectivity index (χ3v) is 8.48. The Morgan fingerprint density at radius 2 is 1.70 bits per heavy atom. The summed E-state index contributed by atoms with van der Waals surface area (Å²) in [6, 6.07) is 3.83. The summed E-state index contributed by atoms with van der Waals surface area (Å²) in [6.07, 6.45) is 6.77. The highest BCUT2D eigenvalue weighted by Gasteiger charge is 2.29. The van der Waals surface area contributed by atoms with Gasteiger partial charge in [0.25, 0.3) is 0 Å². The zero-order valence-electron chi connectivity index (χ0n) is 17.9. The number of sulfonamides is 1. The van der Waals surface area contributed by atoms with Gasteiger partial charge in [-0.25, -0.2) is 13.4 Å². The molecule has 9 heteroatoms. The zero-order chi connectivity index (χ0) is 21.1. The van der Waals surface area contributed by atoms with Crippen molar-refractivity contribution in [1.29, 1.82) is 0 Å². The van der Waals surface area contributed by atoms with Gasteiger partial charge in [0.15, 0.2) is 0 Å². The van der Waals surface area contributed by atoms with E-state index in [0.29, 0.717) is 25.7 Å². The van der Waals surface area contributed by atoms with E-state index in [1.807, 2.05) is 4.90 Å². The summed E-state index contributed by atoms with van der Waals surface area (Å²) in [6.45, 7) is 7.90. The van der Waals surface area contributed by atoms with E-state index in [1.54, 1.807) is 16.4 Å². The number of amides is 1. The molecule has 0 spiro atoms. The Labute approximate surface area is 179 Å². The van der Waals surface area contributed by atoms with Gasteiger partial charge < -0.3 is 9.80 Å². The number of carbonyl (C=O) groups is 1. The number of anilines is 1. The lowest BCUT2D eigenvalue weighted by Gasteiger charge is -2.38. The molecule has 4 heterocycles. The topological polar surface area (TPSA) is 77.1 Å². The first-order chi connectivity index (χ1) is 14.4. The number of likely N-dealkylation sites (tertiary alicyclic amines) is 1. The van der Waals surface area contributed by atoms with E-state index >= 15 is 0 Å². The number of hydrogen-bond donors (Lipinski definition) is 0. The molecule has 30 heavy (non-hydrogen) atoms. The fraction of sp³-hybridized carbons (Fsp3) is 0.714. The molecule has 1 unspecified atom stereocenters. The molecule has 0 aliphatic carbocycles. The van der Waals surface area contributed by atoms with Gasteiger partial charge in [0.1, 0.15) is 10.7 Å². The van der Waals surface area contributed by atoms with E-state index < -0.39 is 10.0 Å². The second kappa shape index (κ2) is 9.20. The zero-order valence-corrected chi connectivity index (χ0v) is 18.7. The van der Waals surface area contributed by atoms with Gasteiger partial charge in [-0.3, -0.25) is 9.69 Å². The summed E-state index contributed by atoms with van der Waals surface area (Å²) in [5, 5.41) is 0. The first-order valence-corrected chi connectivity index (χ1v) is 12.6. The van der Waals surface area contributed by atoms with E-state index in [4.69, 9.17) is 0 Å². The Kier molecular flexibility index (Phi) is 6.60. The van der Waals surface area contributed by atoms with Gasteiger partial charge in [0.2, 0.25) is 15.9 Å². The molecule has 1 atom stereocenters. The molecule has 8 nitrogen and oxygen atoms in total. The van der Waals surface area contributed by atoms with Crippen LogP contribution in [0.15, 0.2) is 23.2 Å². The van der Waals surface area contributed by atoms with Crippen LogP contribution >= 0.6 is 0 Å². The third-order valence-electron chi connectivity index (χ3n) is 6.60. The highest BCUT2D eigenvalue weighted by Crippen LogP contribution is 2.22. The molecule has 0 radical (unpaired) electrons. The number of piperidine rings is 1. The molecule has 1 amide bonds. The van der Waals surface area contributed by atoms with Crippen LogP contribution in [-0.2, 0) is 14.8 Å². The average Bonchev–Trinajstić information content (AvgIpc) is 3.31. The lowest BCUT2D eigenvalue weighted by Crippen LogP contribution is -2.52. The van der Waals surface area contributed by atoms with E-state index in [1.165, 1.54) is 12.6 Å². The average molecular weight is 436 g/mol. The van der Waals surface area contributed by atoms with Crippen molar-refractivity contribution in [2.45, 2.75) is 50.0 Å². The van der Waals surface area contributed by atoms with Gasteiger partial charge in [-0.1, -0.05) is 0 Å². The molecular weight excluding hydrogens is 402 g/mol. The van der Waals surface area contributed by atoms with E-state index in [9.17, 15) is 13.2 Å². The monoisotopic (exact) mass is 435 g/mol. The maximum atomic E-state index is 12.7. The molecule has 0 saturated carbocycles. The van der Waals surface area contributed by atoms with Crippen LogP contribution in [0.5, 0.6) is 0 Å². The van der Waals surface area contributed by atoms with Crippen LogP contribution in [0.2, 0.25) is 0 Å². The minimum Gasteiger partial charge on any atom is -0.354 e. The highest BCUT2D eigenvalue weighted by atomic mass is 32.2. The highest BCUT2D eigenvalue weighted by molar-refractivity contribution is 7.89. The maximum absolute atomic E-state index is 12.7. The molecule has 1 aromatic heterocycles. The minimum absolute atomic E-state index is 0.241. The second-order valence-corrected chi connectivity index (χ2v) is 10.6. The van der Waals surface area contributed by atoms with Crippen molar-refractivity contribution in [3.8, 4) is 0 Å². The number of nitrogens with zero attached hydrogens (tertiary/aromatic N) is 5. The van der Waals surface area contributed by atoms with E-state index in [0.717, 1.165) is 64.2 Å². The van der Waals surface area contributed by atoms with Crippen LogP contribution in [0.4, 0.5) is 5.82 Å². The number of carbonyl (C=O) groups excluding carboxylic acids is 1. The van der Waals surface area contributed by atoms with E-state index in [-0.39, 0.29) is 10.8 Å². The predicted molar refractivity (Wildman–Crippen MR) is 116 cm³/mol. The molecule has 0 N–H and O–H groups in total. The fourth-order valence-electron chi connectivity index (χ4n) is 4.68. The van der Waals surface area contributed by atoms with Gasteiger partial charge in [0.05, 0.1) is 6.54 Å². The largest absolute Gasteiger partial charge is 0.354 e. The number of piperazine rings is 1. The van der Waals surface area contributed by atoms with Gasteiger partial charge >= 0.3 is 0 Å². The van der Waals surface area contributed by atoms with Crippen molar-refractivity contribution in [3.05, 3.63) is 18.3 Å². The first-order valence-electron chi connectivity index (χ1n) is 11.2. The number of aromatic nitrogens is 1. The summed E-state index contributed by atoms with van der Waals surface area (Å²) >= 11 is 0. The minimum atomic E-state index is -3.42. The van der Waals surface area contributed by atoms with Crippen molar-refractivity contribution >= 4 is 21.7 Å². The molecule has 3 aliphatic heterocycles. The first kappa shape index (κ1) is 21.5. The van der Waals surface area contributed by atoms with Crippen LogP contribution in [0.3, 0.4) is 0 Å². The van der Waals surface area contributed by atoms with Crippen LogP contribution in [0, 0.1) is 0 Å². The summed E-state index contributed by atoms with van der Waals surface area (Å²) in [5.41, 5.74) is 0. The van der Waals surface area contributed by atoms with Crippen LogP contribution < -0.4 is 4.90 Å². The molecule has 166 valence electrons. The van der Waals surface area contributed by atoms with E-state index in [2.05, 4.69) is 21.7 Å². The quantitative estimate of drug-likeness (QED) is 0.696. The van der Waals surface area contributed by atoms with Crippen LogP contribution in [0.1, 0.15) is 39.0 Å². The smallest absolute Gasteiger partial charge is 0.244 e. The van der Waals surface area contributed by atoms with Crippen molar-refractivity contribution in [2.24, 2.45) is 0 Å². The molecule has 3 aliphatic rings. The molecule has 1 aromatic rings. The second-order valence-electron chi connectivity index (χ2n) is 8.66. The Hall–Kier alpha value is -1.71. The van der Waals surface area contributed by atoms with Crippen LogP contribution in [0.25, 0.3) is 0 Å². The number of rotatable bonds is 5. The Balaban J connectivity index is 1.30. The summed E-state index contributed by atoms with van der Waals surface area (Å²) < 4.78 is 26.8.